The number of thiazole rings is 1. The van der Waals surface area contributed by atoms with E-state index in [1.165, 1.54) is 18.2 Å². The molecule has 39 heavy (non-hydrogen) atoms. The van der Waals surface area contributed by atoms with Gasteiger partial charge in [0.15, 0.2) is 5.01 Å². The molecule has 1 heterocycles. The first-order valence-corrected chi connectivity index (χ1v) is 12.9. The van der Waals surface area contributed by atoms with Crippen LogP contribution in [0.15, 0.2) is 97.1 Å². The molecule has 4 N–H and O–H groups in total. The monoisotopic (exact) mass is 538 g/mol. The van der Waals surface area contributed by atoms with Crippen molar-refractivity contribution in [2.24, 2.45) is 5.73 Å². The van der Waals surface area contributed by atoms with E-state index in [-0.39, 0.29) is 16.4 Å². The first-order valence-electron chi connectivity index (χ1n) is 12.1. The van der Waals surface area contributed by atoms with Crippen molar-refractivity contribution < 1.29 is 18.8 Å². The van der Waals surface area contributed by atoms with Crippen molar-refractivity contribution in [3.8, 4) is 0 Å². The lowest BCUT2D eigenvalue weighted by atomic mass is 10.0. The molecule has 4 aromatic carbocycles. The standard InChI is InChI=1S/C30H23FN4O3S/c31-23-9-5-4-8-22(23)29(38)33-21-14-15-24-25(16-21)39-30(34-24)27(36)26(19-12-10-18(17-32)11-13-19)35-28(37)20-6-2-1-3-7-20/h1-16,26H,17,32H2,(H,33,38)(H,35,37). The summed E-state index contributed by atoms with van der Waals surface area (Å²) in [5, 5.41) is 5.72. The van der Waals surface area contributed by atoms with E-state index in [2.05, 4.69) is 15.6 Å². The van der Waals surface area contributed by atoms with E-state index in [0.29, 0.717) is 33.6 Å². The van der Waals surface area contributed by atoms with E-state index in [9.17, 15) is 18.8 Å². The molecule has 2 amide bonds. The largest absolute Gasteiger partial charge is 0.338 e. The predicted octanol–water partition coefficient (Wildman–Crippen LogP) is 5.50. The van der Waals surface area contributed by atoms with Gasteiger partial charge in [0.25, 0.3) is 11.8 Å². The first kappa shape index (κ1) is 25.9. The fourth-order valence-corrected chi connectivity index (χ4v) is 5.00. The number of nitrogens with two attached hydrogens (primary N) is 1. The van der Waals surface area contributed by atoms with E-state index >= 15 is 0 Å². The molecule has 5 rings (SSSR count). The Labute approximate surface area is 227 Å². The lowest BCUT2D eigenvalue weighted by molar-refractivity contribution is 0.0857. The number of amides is 2. The number of benzene rings is 4. The molecule has 0 aliphatic rings. The van der Waals surface area contributed by atoms with Crippen molar-refractivity contribution in [3.05, 3.63) is 130 Å². The van der Waals surface area contributed by atoms with Crippen LogP contribution < -0.4 is 16.4 Å². The number of carbonyl (C=O) groups is 3. The van der Waals surface area contributed by atoms with E-state index in [0.717, 1.165) is 16.9 Å². The van der Waals surface area contributed by atoms with Crippen LogP contribution in [0.5, 0.6) is 0 Å². The average molecular weight is 539 g/mol. The lowest BCUT2D eigenvalue weighted by Gasteiger charge is -2.17. The van der Waals surface area contributed by atoms with Gasteiger partial charge in [-0.25, -0.2) is 9.37 Å². The van der Waals surface area contributed by atoms with Gasteiger partial charge in [0.05, 0.1) is 15.8 Å². The number of fused-ring (bicyclic) bond motifs is 1. The first-order chi connectivity index (χ1) is 18.9. The topological polar surface area (TPSA) is 114 Å². The molecule has 9 heteroatoms. The second-order valence-corrected chi connectivity index (χ2v) is 9.75. The van der Waals surface area contributed by atoms with Gasteiger partial charge < -0.3 is 16.4 Å². The van der Waals surface area contributed by atoms with Gasteiger partial charge in [-0.1, -0.05) is 54.6 Å². The zero-order chi connectivity index (χ0) is 27.4. The third kappa shape index (κ3) is 5.74. The van der Waals surface area contributed by atoms with Crippen LogP contribution in [0.1, 0.15) is 47.7 Å². The van der Waals surface area contributed by atoms with E-state index in [4.69, 9.17) is 5.73 Å². The molecule has 1 aromatic heterocycles. The Balaban J connectivity index is 1.43. The minimum atomic E-state index is -0.981. The van der Waals surface area contributed by atoms with Gasteiger partial charge in [-0.3, -0.25) is 14.4 Å². The van der Waals surface area contributed by atoms with Gasteiger partial charge in [0.1, 0.15) is 11.9 Å². The number of halogens is 1. The zero-order valence-corrected chi connectivity index (χ0v) is 21.4. The molecular weight excluding hydrogens is 515 g/mol. The molecule has 7 nitrogen and oxygen atoms in total. The third-order valence-corrected chi connectivity index (χ3v) is 7.13. The number of anilines is 1. The van der Waals surface area contributed by atoms with Crippen LogP contribution >= 0.6 is 11.3 Å². The number of aromatic nitrogens is 1. The van der Waals surface area contributed by atoms with Gasteiger partial charge in [-0.2, -0.15) is 0 Å². The van der Waals surface area contributed by atoms with Gasteiger partial charge in [-0.05, 0) is 53.6 Å². The van der Waals surface area contributed by atoms with Crippen molar-refractivity contribution in [2.45, 2.75) is 12.6 Å². The highest BCUT2D eigenvalue weighted by molar-refractivity contribution is 7.20. The maximum atomic E-state index is 14.0. The molecule has 0 saturated carbocycles. The van der Waals surface area contributed by atoms with Crippen molar-refractivity contribution in [2.75, 3.05) is 5.32 Å². The van der Waals surface area contributed by atoms with Crippen LogP contribution in [-0.4, -0.2) is 22.6 Å². The fraction of sp³-hybridized carbons (Fsp3) is 0.0667. The zero-order valence-electron chi connectivity index (χ0n) is 20.6. The Hall–Kier alpha value is -4.73. The van der Waals surface area contributed by atoms with Crippen LogP contribution in [0.2, 0.25) is 0 Å². The minimum Gasteiger partial charge on any atom is -0.338 e. The normalized spacial score (nSPS) is 11.6. The number of nitrogens with zero attached hydrogens (tertiary/aromatic N) is 1. The molecule has 1 atom stereocenters. The molecule has 0 spiro atoms. The number of nitrogens with one attached hydrogen (secondary N) is 2. The molecular formula is C30H23FN4O3S. The molecule has 0 aliphatic carbocycles. The number of carbonyl (C=O) groups excluding carboxylic acids is 3. The number of Topliss-reactive ketones (excluding diaryl/α,β-unsaturated/α-hetero) is 1. The molecule has 0 fully saturated rings. The van der Waals surface area contributed by atoms with E-state index in [1.807, 2.05) is 12.1 Å². The summed E-state index contributed by atoms with van der Waals surface area (Å²) in [6, 6.07) is 25.5. The van der Waals surface area contributed by atoms with Gasteiger partial charge in [0.2, 0.25) is 5.78 Å². The molecule has 0 bridgehead atoms. The van der Waals surface area contributed by atoms with Crippen LogP contribution in [0.4, 0.5) is 10.1 Å². The summed E-state index contributed by atoms with van der Waals surface area (Å²) < 4.78 is 14.7. The number of hydrogen-bond donors (Lipinski definition) is 3. The Morgan fingerprint density at radius 1 is 0.872 bits per heavy atom. The highest BCUT2D eigenvalue weighted by Crippen LogP contribution is 2.29. The average Bonchev–Trinajstić information content (AvgIpc) is 3.40. The number of hydrogen-bond acceptors (Lipinski definition) is 6. The molecule has 0 saturated heterocycles. The molecule has 0 radical (unpaired) electrons. The maximum Gasteiger partial charge on any atom is 0.258 e. The molecule has 0 aliphatic heterocycles. The van der Waals surface area contributed by atoms with E-state index < -0.39 is 23.7 Å². The molecule has 1 unspecified atom stereocenters. The maximum absolute atomic E-state index is 14.0. The smallest absolute Gasteiger partial charge is 0.258 e. The van der Waals surface area contributed by atoms with Gasteiger partial charge >= 0.3 is 0 Å². The Morgan fingerprint density at radius 3 is 2.31 bits per heavy atom. The van der Waals surface area contributed by atoms with Crippen molar-refractivity contribution in [1.82, 2.24) is 10.3 Å². The number of ketones is 1. The predicted molar refractivity (Wildman–Crippen MR) is 149 cm³/mol. The Kier molecular flexibility index (Phi) is 7.53. The summed E-state index contributed by atoms with van der Waals surface area (Å²) in [5.41, 5.74) is 8.55. The molecule has 5 aromatic rings. The summed E-state index contributed by atoms with van der Waals surface area (Å²) in [4.78, 5) is 43.7. The third-order valence-electron chi connectivity index (χ3n) is 6.10. The quantitative estimate of drug-likeness (QED) is 0.226. The summed E-state index contributed by atoms with van der Waals surface area (Å²) >= 11 is 1.14. The highest BCUT2D eigenvalue weighted by atomic mass is 32.1. The van der Waals surface area contributed by atoms with Gasteiger partial charge in [0, 0.05) is 17.8 Å². The molecule has 194 valence electrons. The summed E-state index contributed by atoms with van der Waals surface area (Å²) in [6.45, 7) is 0.350. The fourth-order valence-electron chi connectivity index (χ4n) is 4.03. The second kappa shape index (κ2) is 11.3. The van der Waals surface area contributed by atoms with E-state index in [1.54, 1.807) is 66.7 Å². The van der Waals surface area contributed by atoms with Crippen LogP contribution in [-0.2, 0) is 6.54 Å². The van der Waals surface area contributed by atoms with Crippen molar-refractivity contribution in [3.63, 3.8) is 0 Å². The lowest BCUT2D eigenvalue weighted by Crippen LogP contribution is -2.34. The van der Waals surface area contributed by atoms with Crippen LogP contribution in [0.25, 0.3) is 10.2 Å². The SMILES string of the molecule is NCc1ccc(C(NC(=O)c2ccccc2)C(=O)c2nc3ccc(NC(=O)c4ccccc4F)cc3s2)cc1. The minimum absolute atomic E-state index is 0.0737. The Morgan fingerprint density at radius 2 is 1.59 bits per heavy atom. The summed E-state index contributed by atoms with van der Waals surface area (Å²) in [5.74, 6) is -1.98. The van der Waals surface area contributed by atoms with Crippen molar-refractivity contribution in [1.29, 1.82) is 0 Å². The Bertz CT molecular complexity index is 1670. The summed E-state index contributed by atoms with van der Waals surface area (Å²) in [7, 11) is 0. The highest BCUT2D eigenvalue weighted by Gasteiger charge is 2.27. The second-order valence-electron chi connectivity index (χ2n) is 8.72. The number of rotatable bonds is 8. The van der Waals surface area contributed by atoms with Crippen molar-refractivity contribution >= 4 is 44.8 Å². The summed E-state index contributed by atoms with van der Waals surface area (Å²) in [6.07, 6.45) is 0. The van der Waals surface area contributed by atoms with Crippen LogP contribution in [0.3, 0.4) is 0 Å². The van der Waals surface area contributed by atoms with Crippen LogP contribution in [0, 0.1) is 5.82 Å². The van der Waals surface area contributed by atoms with Gasteiger partial charge in [-0.15, -0.1) is 11.3 Å².